The van der Waals surface area contributed by atoms with Crippen molar-refractivity contribution in [2.75, 3.05) is 13.1 Å². The lowest BCUT2D eigenvalue weighted by atomic mass is 9.80. The van der Waals surface area contributed by atoms with E-state index in [1.807, 2.05) is 11.8 Å². The van der Waals surface area contributed by atoms with Gasteiger partial charge >= 0.3 is 0 Å². The van der Waals surface area contributed by atoms with E-state index in [0.29, 0.717) is 5.92 Å². The van der Waals surface area contributed by atoms with Crippen LogP contribution in [0, 0.1) is 5.92 Å². The summed E-state index contributed by atoms with van der Waals surface area (Å²) in [4.78, 5) is 14.6. The molecule has 0 radical (unpaired) electrons. The molecule has 0 aromatic carbocycles. The van der Waals surface area contributed by atoms with Crippen LogP contribution in [0.15, 0.2) is 0 Å². The van der Waals surface area contributed by atoms with Crippen LogP contribution >= 0.6 is 0 Å². The molecule has 18 heavy (non-hydrogen) atoms. The summed E-state index contributed by atoms with van der Waals surface area (Å²) in [6.45, 7) is 3.70. The number of carbonyl (C=O) groups is 1. The van der Waals surface area contributed by atoms with Crippen molar-refractivity contribution >= 4 is 5.91 Å². The smallest absolute Gasteiger partial charge is 0.242 e. The number of nitrogens with two attached hydrogens (primary N) is 2. The zero-order valence-electron chi connectivity index (χ0n) is 11.5. The normalized spacial score (nSPS) is 29.9. The third-order valence-electron chi connectivity index (χ3n) is 4.66. The molecule has 1 amide bonds. The molecule has 1 heterocycles. The Morgan fingerprint density at radius 3 is 2.56 bits per heavy atom. The van der Waals surface area contributed by atoms with Crippen molar-refractivity contribution in [3.63, 3.8) is 0 Å². The van der Waals surface area contributed by atoms with Gasteiger partial charge in [-0.15, -0.1) is 0 Å². The summed E-state index contributed by atoms with van der Waals surface area (Å²) < 4.78 is 0. The van der Waals surface area contributed by atoms with E-state index in [1.54, 1.807) is 0 Å². The van der Waals surface area contributed by atoms with Gasteiger partial charge < -0.3 is 16.4 Å². The number of likely N-dealkylation sites (tertiary alicyclic amines) is 1. The Balaban J connectivity index is 1.99. The third kappa shape index (κ3) is 2.86. The number of rotatable bonds is 2. The summed E-state index contributed by atoms with van der Waals surface area (Å²) in [5.41, 5.74) is 11.7. The molecule has 0 bridgehead atoms. The molecule has 2 fully saturated rings. The fraction of sp³-hybridized carbons (Fsp3) is 0.929. The van der Waals surface area contributed by atoms with Crippen molar-refractivity contribution in [2.45, 2.75) is 63.5 Å². The lowest BCUT2D eigenvalue weighted by Gasteiger charge is -2.41. The average Bonchev–Trinajstić information content (AvgIpc) is 2.39. The topological polar surface area (TPSA) is 72.3 Å². The predicted octanol–water partition coefficient (Wildman–Crippen LogP) is 1.23. The van der Waals surface area contributed by atoms with E-state index in [-0.39, 0.29) is 11.9 Å². The minimum atomic E-state index is -0.585. The molecule has 1 aliphatic carbocycles. The van der Waals surface area contributed by atoms with Crippen molar-refractivity contribution in [2.24, 2.45) is 17.4 Å². The molecular weight excluding hydrogens is 226 g/mol. The van der Waals surface area contributed by atoms with Crippen molar-refractivity contribution in [1.29, 1.82) is 0 Å². The fourth-order valence-electron chi connectivity index (χ4n) is 3.34. The second-order valence-electron chi connectivity index (χ2n) is 6.23. The molecule has 0 aromatic heterocycles. The van der Waals surface area contributed by atoms with E-state index in [0.717, 1.165) is 51.6 Å². The highest BCUT2D eigenvalue weighted by atomic mass is 16.2. The molecule has 1 saturated heterocycles. The lowest BCUT2D eigenvalue weighted by molar-refractivity contribution is -0.140. The molecule has 104 valence electrons. The van der Waals surface area contributed by atoms with Crippen LogP contribution in [0.3, 0.4) is 0 Å². The molecule has 2 aliphatic rings. The molecule has 2 rings (SSSR count). The van der Waals surface area contributed by atoms with Crippen LogP contribution in [0.5, 0.6) is 0 Å². The molecule has 2 atom stereocenters. The largest absolute Gasteiger partial charge is 0.341 e. The number of piperidine rings is 1. The quantitative estimate of drug-likeness (QED) is 0.777. The zero-order chi connectivity index (χ0) is 13.2. The van der Waals surface area contributed by atoms with Crippen molar-refractivity contribution in [3.05, 3.63) is 0 Å². The van der Waals surface area contributed by atoms with E-state index < -0.39 is 5.54 Å². The van der Waals surface area contributed by atoms with Gasteiger partial charge in [-0.1, -0.05) is 19.3 Å². The number of hydrogen-bond donors (Lipinski definition) is 2. The number of hydrogen-bond acceptors (Lipinski definition) is 3. The van der Waals surface area contributed by atoms with Crippen molar-refractivity contribution in [3.8, 4) is 0 Å². The summed E-state index contributed by atoms with van der Waals surface area (Å²) in [5.74, 6) is 0.613. The van der Waals surface area contributed by atoms with Crippen LogP contribution in [0.25, 0.3) is 0 Å². The molecule has 4 nitrogen and oxygen atoms in total. The first-order valence-corrected chi connectivity index (χ1v) is 7.37. The first kappa shape index (κ1) is 13.8. The lowest BCUT2D eigenvalue weighted by Crippen LogP contribution is -2.58. The van der Waals surface area contributed by atoms with Gasteiger partial charge in [0.15, 0.2) is 0 Å². The Morgan fingerprint density at radius 2 is 1.94 bits per heavy atom. The fourth-order valence-corrected chi connectivity index (χ4v) is 3.34. The van der Waals surface area contributed by atoms with Gasteiger partial charge in [0, 0.05) is 19.1 Å². The summed E-state index contributed by atoms with van der Waals surface area (Å²) >= 11 is 0. The second-order valence-corrected chi connectivity index (χ2v) is 6.23. The Bertz CT molecular complexity index is 297. The van der Waals surface area contributed by atoms with Crippen LogP contribution in [0.2, 0.25) is 0 Å². The van der Waals surface area contributed by atoms with Gasteiger partial charge in [0.25, 0.3) is 0 Å². The van der Waals surface area contributed by atoms with E-state index in [4.69, 9.17) is 11.5 Å². The van der Waals surface area contributed by atoms with Gasteiger partial charge in [-0.3, -0.25) is 4.79 Å². The molecular formula is C14H27N3O. The third-order valence-corrected chi connectivity index (χ3v) is 4.66. The molecule has 1 saturated carbocycles. The monoisotopic (exact) mass is 253 g/mol. The maximum absolute atomic E-state index is 12.6. The van der Waals surface area contributed by atoms with Gasteiger partial charge in [-0.25, -0.2) is 0 Å². The van der Waals surface area contributed by atoms with Crippen LogP contribution < -0.4 is 11.5 Å². The first-order chi connectivity index (χ1) is 8.53. The summed E-state index contributed by atoms with van der Waals surface area (Å²) in [6, 6.07) is 0.167. The predicted molar refractivity (Wildman–Crippen MR) is 73.0 cm³/mol. The van der Waals surface area contributed by atoms with Crippen molar-refractivity contribution in [1.82, 2.24) is 4.90 Å². The standard InChI is InChI=1S/C14H27N3O/c1-11(15)12-6-5-9-17(10-12)13(18)14(16)7-3-2-4-8-14/h11-12H,2-10,15-16H2,1H3. The number of amides is 1. The highest BCUT2D eigenvalue weighted by Crippen LogP contribution is 2.29. The minimum absolute atomic E-state index is 0.167. The van der Waals surface area contributed by atoms with Gasteiger partial charge in [0.2, 0.25) is 5.91 Å². The molecule has 4 N–H and O–H groups in total. The van der Waals surface area contributed by atoms with Crippen LogP contribution in [-0.4, -0.2) is 35.5 Å². The van der Waals surface area contributed by atoms with Gasteiger partial charge in [0.05, 0.1) is 5.54 Å². The minimum Gasteiger partial charge on any atom is -0.341 e. The Labute approximate surface area is 110 Å². The highest BCUT2D eigenvalue weighted by molar-refractivity contribution is 5.86. The van der Waals surface area contributed by atoms with E-state index in [9.17, 15) is 4.79 Å². The summed E-state index contributed by atoms with van der Waals surface area (Å²) in [7, 11) is 0. The first-order valence-electron chi connectivity index (χ1n) is 7.37. The molecule has 2 unspecified atom stereocenters. The maximum Gasteiger partial charge on any atom is 0.242 e. The molecule has 4 heteroatoms. The van der Waals surface area contributed by atoms with Crippen LogP contribution in [-0.2, 0) is 4.79 Å². The molecule has 1 aliphatic heterocycles. The summed E-state index contributed by atoms with van der Waals surface area (Å²) in [6.07, 6.45) is 7.30. The Hall–Kier alpha value is -0.610. The van der Waals surface area contributed by atoms with Crippen LogP contribution in [0.4, 0.5) is 0 Å². The van der Waals surface area contributed by atoms with Gasteiger partial charge in [0.1, 0.15) is 0 Å². The van der Waals surface area contributed by atoms with Gasteiger partial charge in [-0.05, 0) is 38.5 Å². The zero-order valence-corrected chi connectivity index (χ0v) is 11.5. The SMILES string of the molecule is CC(N)C1CCCN(C(=O)C2(N)CCCCC2)C1. The van der Waals surface area contributed by atoms with Crippen molar-refractivity contribution < 1.29 is 4.79 Å². The molecule has 0 aromatic rings. The number of nitrogens with zero attached hydrogens (tertiary/aromatic N) is 1. The van der Waals surface area contributed by atoms with Gasteiger partial charge in [-0.2, -0.15) is 0 Å². The molecule has 0 spiro atoms. The Kier molecular flexibility index (Phi) is 4.28. The highest BCUT2D eigenvalue weighted by Gasteiger charge is 2.39. The van der Waals surface area contributed by atoms with E-state index >= 15 is 0 Å². The van der Waals surface area contributed by atoms with E-state index in [1.165, 1.54) is 6.42 Å². The average molecular weight is 253 g/mol. The Morgan fingerprint density at radius 1 is 1.28 bits per heavy atom. The second kappa shape index (κ2) is 5.57. The maximum atomic E-state index is 12.6. The van der Waals surface area contributed by atoms with E-state index in [2.05, 4.69) is 0 Å². The van der Waals surface area contributed by atoms with Crippen LogP contribution in [0.1, 0.15) is 51.9 Å². The number of carbonyl (C=O) groups excluding carboxylic acids is 1. The summed E-state index contributed by atoms with van der Waals surface area (Å²) in [5, 5.41) is 0.